The van der Waals surface area contributed by atoms with Gasteiger partial charge in [0.25, 0.3) is 0 Å². The second-order valence-corrected chi connectivity index (χ2v) is 3.25. The standard InChI is InChI=1S/C9H10F3NO2/c1-2-7-3-5-13(6-4-7)15-8(14)9(10,11)12/h1,7H,3-6H2. The van der Waals surface area contributed by atoms with E-state index in [-0.39, 0.29) is 19.0 Å². The van der Waals surface area contributed by atoms with Crippen LogP contribution in [0.1, 0.15) is 12.8 Å². The molecule has 0 saturated carbocycles. The molecule has 0 amide bonds. The second-order valence-electron chi connectivity index (χ2n) is 3.25. The Morgan fingerprint density at radius 1 is 1.40 bits per heavy atom. The van der Waals surface area contributed by atoms with E-state index in [1.54, 1.807) is 0 Å². The molecule has 0 aromatic carbocycles. The lowest BCUT2D eigenvalue weighted by Gasteiger charge is -2.28. The van der Waals surface area contributed by atoms with Gasteiger partial charge in [0.1, 0.15) is 0 Å². The molecule has 0 spiro atoms. The van der Waals surface area contributed by atoms with E-state index in [0.29, 0.717) is 12.8 Å². The Morgan fingerprint density at radius 3 is 2.33 bits per heavy atom. The number of hydrogen-bond donors (Lipinski definition) is 0. The fraction of sp³-hybridized carbons (Fsp3) is 0.667. The number of terminal acetylenes is 1. The Morgan fingerprint density at radius 2 is 1.93 bits per heavy atom. The van der Waals surface area contributed by atoms with Crippen LogP contribution in [-0.4, -0.2) is 30.3 Å². The van der Waals surface area contributed by atoms with Gasteiger partial charge < -0.3 is 4.84 Å². The number of halogens is 3. The quantitative estimate of drug-likeness (QED) is 0.626. The number of carbonyl (C=O) groups excluding carboxylic acids is 1. The van der Waals surface area contributed by atoms with Crippen molar-refractivity contribution in [2.75, 3.05) is 13.1 Å². The van der Waals surface area contributed by atoms with E-state index in [1.807, 2.05) is 0 Å². The van der Waals surface area contributed by atoms with Gasteiger partial charge in [-0.15, -0.1) is 17.4 Å². The highest BCUT2D eigenvalue weighted by Crippen LogP contribution is 2.20. The van der Waals surface area contributed by atoms with Crippen molar-refractivity contribution < 1.29 is 22.8 Å². The monoisotopic (exact) mass is 221 g/mol. The van der Waals surface area contributed by atoms with E-state index < -0.39 is 12.1 Å². The lowest BCUT2D eigenvalue weighted by atomic mass is 9.99. The highest BCUT2D eigenvalue weighted by atomic mass is 19.4. The molecule has 84 valence electrons. The normalized spacial score (nSPS) is 19.6. The van der Waals surface area contributed by atoms with E-state index in [4.69, 9.17) is 6.42 Å². The van der Waals surface area contributed by atoms with Gasteiger partial charge in [0.15, 0.2) is 0 Å². The molecule has 3 nitrogen and oxygen atoms in total. The third-order valence-corrected chi connectivity index (χ3v) is 2.13. The van der Waals surface area contributed by atoms with Crippen LogP contribution in [0.15, 0.2) is 0 Å². The molecule has 0 bridgehead atoms. The molecule has 15 heavy (non-hydrogen) atoms. The zero-order valence-corrected chi connectivity index (χ0v) is 7.88. The molecule has 6 heteroatoms. The summed E-state index contributed by atoms with van der Waals surface area (Å²) in [5, 5.41) is 1.00. The summed E-state index contributed by atoms with van der Waals surface area (Å²) >= 11 is 0. The lowest BCUT2D eigenvalue weighted by Crippen LogP contribution is -2.39. The van der Waals surface area contributed by atoms with Crippen molar-refractivity contribution in [2.45, 2.75) is 19.0 Å². The van der Waals surface area contributed by atoms with Gasteiger partial charge in [0.05, 0.1) is 0 Å². The Hall–Kier alpha value is -1.22. The average Bonchev–Trinajstić information content (AvgIpc) is 2.17. The van der Waals surface area contributed by atoms with Crippen LogP contribution in [0.25, 0.3) is 0 Å². The van der Waals surface area contributed by atoms with E-state index in [1.165, 1.54) is 0 Å². The summed E-state index contributed by atoms with van der Waals surface area (Å²) in [6.07, 6.45) is 1.31. The maximum atomic E-state index is 11.8. The largest absolute Gasteiger partial charge is 0.492 e. The highest BCUT2D eigenvalue weighted by molar-refractivity contribution is 5.75. The minimum atomic E-state index is -4.94. The van der Waals surface area contributed by atoms with Gasteiger partial charge in [0, 0.05) is 19.0 Å². The van der Waals surface area contributed by atoms with Crippen molar-refractivity contribution in [3.05, 3.63) is 0 Å². The molecular weight excluding hydrogens is 211 g/mol. The van der Waals surface area contributed by atoms with Crippen molar-refractivity contribution in [1.29, 1.82) is 0 Å². The van der Waals surface area contributed by atoms with Gasteiger partial charge in [0.2, 0.25) is 0 Å². The minimum Gasteiger partial charge on any atom is -0.361 e. The second kappa shape index (κ2) is 4.53. The first-order valence-electron chi connectivity index (χ1n) is 4.43. The zero-order chi connectivity index (χ0) is 11.5. The van der Waals surface area contributed by atoms with Crippen LogP contribution in [0.4, 0.5) is 13.2 Å². The first-order valence-corrected chi connectivity index (χ1v) is 4.43. The smallest absolute Gasteiger partial charge is 0.361 e. The van der Waals surface area contributed by atoms with Crippen LogP contribution in [0.2, 0.25) is 0 Å². The number of hydroxylamine groups is 2. The molecule has 0 radical (unpaired) electrons. The summed E-state index contributed by atoms with van der Waals surface area (Å²) < 4.78 is 35.4. The van der Waals surface area contributed by atoms with Crippen LogP contribution < -0.4 is 0 Å². The molecule has 0 atom stereocenters. The van der Waals surface area contributed by atoms with E-state index >= 15 is 0 Å². The fourth-order valence-electron chi connectivity index (χ4n) is 1.28. The molecule has 0 aromatic heterocycles. The summed E-state index contributed by atoms with van der Waals surface area (Å²) in [7, 11) is 0. The van der Waals surface area contributed by atoms with Crippen molar-refractivity contribution in [1.82, 2.24) is 5.06 Å². The van der Waals surface area contributed by atoms with Crippen molar-refractivity contribution >= 4 is 5.97 Å². The van der Waals surface area contributed by atoms with Crippen LogP contribution >= 0.6 is 0 Å². The molecule has 0 aromatic rings. The Balaban J connectivity index is 2.37. The number of piperidine rings is 1. The molecule has 1 rings (SSSR count). The highest BCUT2D eigenvalue weighted by Gasteiger charge is 2.42. The summed E-state index contributed by atoms with van der Waals surface area (Å²) in [5.74, 6) is 0.401. The molecule has 0 aliphatic carbocycles. The van der Waals surface area contributed by atoms with Gasteiger partial charge in [-0.25, -0.2) is 4.79 Å². The van der Waals surface area contributed by atoms with Gasteiger partial charge >= 0.3 is 12.1 Å². The Bertz CT molecular complexity index is 274. The average molecular weight is 221 g/mol. The summed E-state index contributed by atoms with van der Waals surface area (Å²) in [4.78, 5) is 14.6. The number of carbonyl (C=O) groups is 1. The number of alkyl halides is 3. The molecule has 0 N–H and O–H groups in total. The summed E-state index contributed by atoms with van der Waals surface area (Å²) in [6, 6.07) is 0. The molecular formula is C9H10F3NO2. The number of hydrogen-bond acceptors (Lipinski definition) is 3. The molecule has 1 saturated heterocycles. The third kappa shape index (κ3) is 3.44. The Kier molecular flexibility index (Phi) is 3.58. The van der Waals surface area contributed by atoms with Gasteiger partial charge in [-0.1, -0.05) is 0 Å². The third-order valence-electron chi connectivity index (χ3n) is 2.13. The van der Waals surface area contributed by atoms with Gasteiger partial charge in [-0.05, 0) is 12.8 Å². The fourth-order valence-corrected chi connectivity index (χ4v) is 1.28. The first-order chi connectivity index (χ1) is 6.93. The molecule has 1 aliphatic heterocycles. The van der Waals surface area contributed by atoms with E-state index in [2.05, 4.69) is 10.8 Å². The van der Waals surface area contributed by atoms with Crippen LogP contribution in [0, 0.1) is 18.3 Å². The van der Waals surface area contributed by atoms with E-state index in [0.717, 1.165) is 5.06 Å². The summed E-state index contributed by atoms with van der Waals surface area (Å²) in [5.41, 5.74) is 0. The van der Waals surface area contributed by atoms with Gasteiger partial charge in [-0.2, -0.15) is 13.2 Å². The molecule has 1 heterocycles. The van der Waals surface area contributed by atoms with Crippen LogP contribution in [0.3, 0.4) is 0 Å². The zero-order valence-electron chi connectivity index (χ0n) is 7.88. The number of rotatable bonds is 1. The van der Waals surface area contributed by atoms with Crippen LogP contribution in [0.5, 0.6) is 0 Å². The van der Waals surface area contributed by atoms with Crippen molar-refractivity contribution in [2.24, 2.45) is 5.92 Å². The van der Waals surface area contributed by atoms with Crippen molar-refractivity contribution in [3.63, 3.8) is 0 Å². The molecule has 0 unspecified atom stereocenters. The summed E-state index contributed by atoms with van der Waals surface area (Å²) in [6.45, 7) is 0.493. The van der Waals surface area contributed by atoms with Crippen molar-refractivity contribution in [3.8, 4) is 12.3 Å². The maximum absolute atomic E-state index is 11.8. The lowest BCUT2D eigenvalue weighted by molar-refractivity contribution is -0.241. The predicted molar refractivity (Wildman–Crippen MR) is 45.3 cm³/mol. The first kappa shape index (κ1) is 11.9. The minimum absolute atomic E-state index is 0.0610. The predicted octanol–water partition coefficient (Wildman–Crippen LogP) is 1.35. The topological polar surface area (TPSA) is 29.5 Å². The molecule has 1 fully saturated rings. The molecule has 1 aliphatic rings. The van der Waals surface area contributed by atoms with Gasteiger partial charge in [-0.3, -0.25) is 0 Å². The van der Waals surface area contributed by atoms with E-state index in [9.17, 15) is 18.0 Å². The number of nitrogens with zero attached hydrogens (tertiary/aromatic N) is 1. The Labute approximate surface area is 85.1 Å². The SMILES string of the molecule is C#CC1CCN(OC(=O)C(F)(F)F)CC1. The van der Waals surface area contributed by atoms with Crippen LogP contribution in [-0.2, 0) is 9.63 Å². The maximum Gasteiger partial charge on any atom is 0.492 e.